The van der Waals surface area contributed by atoms with Crippen molar-refractivity contribution in [3.05, 3.63) is 35.0 Å². The second kappa shape index (κ2) is 8.54. The Kier molecular flexibility index (Phi) is 6.13. The van der Waals surface area contributed by atoms with E-state index in [0.717, 1.165) is 30.6 Å². The van der Waals surface area contributed by atoms with Crippen LogP contribution >= 0.6 is 11.6 Å². The summed E-state index contributed by atoms with van der Waals surface area (Å²) in [6.45, 7) is 5.77. The molecule has 1 fully saturated rings. The lowest BCUT2D eigenvalue weighted by molar-refractivity contribution is -0.119. The summed E-state index contributed by atoms with van der Waals surface area (Å²) in [6.07, 6.45) is 2.65. The number of ether oxygens (including phenoxy) is 1. The van der Waals surface area contributed by atoms with Gasteiger partial charge in [0, 0.05) is 30.6 Å². The van der Waals surface area contributed by atoms with Crippen molar-refractivity contribution in [2.24, 2.45) is 11.7 Å². The summed E-state index contributed by atoms with van der Waals surface area (Å²) in [5, 5.41) is 3.29. The first kappa shape index (κ1) is 19.4. The van der Waals surface area contributed by atoms with Gasteiger partial charge in [-0.25, -0.2) is 9.97 Å². The molecule has 0 spiro atoms. The van der Waals surface area contributed by atoms with Crippen LogP contribution in [0.1, 0.15) is 18.9 Å². The number of amides is 1. The van der Waals surface area contributed by atoms with E-state index in [2.05, 4.69) is 15.2 Å². The summed E-state index contributed by atoms with van der Waals surface area (Å²) in [5.74, 6) is 2.09. The van der Waals surface area contributed by atoms with E-state index in [0.29, 0.717) is 34.9 Å². The van der Waals surface area contributed by atoms with Crippen molar-refractivity contribution in [1.29, 1.82) is 0 Å². The topological polar surface area (TPSA) is 93.4 Å². The molecule has 0 aliphatic carbocycles. The number of carbonyl (C=O) groups excluding carboxylic acids is 1. The van der Waals surface area contributed by atoms with Crippen LogP contribution in [0.5, 0.6) is 5.75 Å². The number of nitrogens with one attached hydrogen (secondary N) is 1. The quantitative estimate of drug-likeness (QED) is 0.736. The minimum absolute atomic E-state index is 0.0650. The van der Waals surface area contributed by atoms with E-state index in [4.69, 9.17) is 27.1 Å². The number of carbonyl (C=O) groups is 1. The van der Waals surface area contributed by atoms with Gasteiger partial charge in [-0.3, -0.25) is 4.79 Å². The Hall–Kier alpha value is -2.38. The molecule has 3 N–H and O–H groups in total. The van der Waals surface area contributed by atoms with Crippen molar-refractivity contribution in [2.45, 2.75) is 20.3 Å². The maximum absolute atomic E-state index is 11.1. The Labute approximate surface area is 163 Å². The monoisotopic (exact) mass is 389 g/mol. The van der Waals surface area contributed by atoms with Crippen molar-refractivity contribution in [3.8, 4) is 17.1 Å². The van der Waals surface area contributed by atoms with Gasteiger partial charge in [-0.15, -0.1) is 0 Å². The first-order valence-electron chi connectivity index (χ1n) is 8.93. The molecular weight excluding hydrogens is 366 g/mol. The first-order chi connectivity index (χ1) is 13.0. The number of anilines is 1. The number of aryl methyl sites for hydroxylation is 1. The highest BCUT2D eigenvalue weighted by Gasteiger charge is 2.26. The van der Waals surface area contributed by atoms with Crippen LogP contribution in [-0.2, 0) is 4.79 Å². The summed E-state index contributed by atoms with van der Waals surface area (Å²) in [7, 11) is 0. The third-order valence-corrected chi connectivity index (χ3v) is 5.04. The van der Waals surface area contributed by atoms with Gasteiger partial charge in [0.15, 0.2) is 24.1 Å². The molecule has 1 unspecified atom stereocenters. The van der Waals surface area contributed by atoms with Gasteiger partial charge in [0.1, 0.15) is 0 Å². The Morgan fingerprint density at radius 2 is 2.30 bits per heavy atom. The standard InChI is InChI=1S/C19H24ClN5O2/c1-12-3-4-15(7-16(12)20)18-22-9-17(27-11-23-13(2)26)19(24-18)25-6-5-14(8-21)10-25/h3-4,7,9,14H,5-6,8,10-11,21H2,1-2H3,(H,23,26). The molecule has 0 bridgehead atoms. The third kappa shape index (κ3) is 4.67. The van der Waals surface area contributed by atoms with E-state index < -0.39 is 0 Å². The van der Waals surface area contributed by atoms with Crippen molar-refractivity contribution < 1.29 is 9.53 Å². The SMILES string of the molecule is CC(=O)NCOc1cnc(-c2ccc(C)c(Cl)c2)nc1N1CCC(CN)C1. The largest absolute Gasteiger partial charge is 0.468 e. The summed E-state index contributed by atoms with van der Waals surface area (Å²) in [4.78, 5) is 22.4. The van der Waals surface area contributed by atoms with E-state index in [1.165, 1.54) is 6.92 Å². The number of benzene rings is 1. The molecule has 1 atom stereocenters. The maximum atomic E-state index is 11.1. The zero-order chi connectivity index (χ0) is 19.4. The number of rotatable bonds is 6. The molecule has 8 heteroatoms. The van der Waals surface area contributed by atoms with Crippen molar-refractivity contribution >= 4 is 23.3 Å². The fraction of sp³-hybridized carbons (Fsp3) is 0.421. The van der Waals surface area contributed by atoms with Crippen LogP contribution in [0.3, 0.4) is 0 Å². The zero-order valence-electron chi connectivity index (χ0n) is 15.5. The maximum Gasteiger partial charge on any atom is 0.219 e. The molecule has 7 nitrogen and oxygen atoms in total. The van der Waals surface area contributed by atoms with Crippen molar-refractivity contribution in [1.82, 2.24) is 15.3 Å². The van der Waals surface area contributed by atoms with Crippen LogP contribution < -0.4 is 20.7 Å². The molecule has 0 radical (unpaired) electrons. The van der Waals surface area contributed by atoms with Crippen LogP contribution in [0, 0.1) is 12.8 Å². The fourth-order valence-corrected chi connectivity index (χ4v) is 3.17. The second-order valence-corrected chi connectivity index (χ2v) is 7.11. The van der Waals surface area contributed by atoms with Gasteiger partial charge in [-0.2, -0.15) is 0 Å². The minimum atomic E-state index is -0.159. The van der Waals surface area contributed by atoms with Gasteiger partial charge < -0.3 is 20.7 Å². The van der Waals surface area contributed by atoms with Gasteiger partial charge in [0.25, 0.3) is 0 Å². The lowest BCUT2D eigenvalue weighted by atomic mass is 10.1. The molecule has 1 aliphatic rings. The van der Waals surface area contributed by atoms with E-state index in [9.17, 15) is 4.79 Å². The number of hydrogen-bond acceptors (Lipinski definition) is 6. The molecule has 144 valence electrons. The highest BCUT2D eigenvalue weighted by Crippen LogP contribution is 2.32. The Bertz CT molecular complexity index is 830. The van der Waals surface area contributed by atoms with Crippen LogP contribution in [0.25, 0.3) is 11.4 Å². The molecular formula is C19H24ClN5O2. The summed E-state index contributed by atoms with van der Waals surface area (Å²) in [5.41, 5.74) is 7.67. The second-order valence-electron chi connectivity index (χ2n) is 6.70. The summed E-state index contributed by atoms with van der Waals surface area (Å²) >= 11 is 6.25. The molecule has 1 aromatic carbocycles. The highest BCUT2D eigenvalue weighted by atomic mass is 35.5. The number of nitrogens with zero attached hydrogens (tertiary/aromatic N) is 3. The number of nitrogens with two attached hydrogens (primary N) is 1. The Morgan fingerprint density at radius 1 is 1.48 bits per heavy atom. The van der Waals surface area contributed by atoms with E-state index in [1.807, 2.05) is 25.1 Å². The average molecular weight is 390 g/mol. The third-order valence-electron chi connectivity index (χ3n) is 4.63. The lowest BCUT2D eigenvalue weighted by Crippen LogP contribution is -2.27. The molecule has 27 heavy (non-hydrogen) atoms. The highest BCUT2D eigenvalue weighted by molar-refractivity contribution is 6.31. The first-order valence-corrected chi connectivity index (χ1v) is 9.31. The predicted octanol–water partition coefficient (Wildman–Crippen LogP) is 2.36. The predicted molar refractivity (Wildman–Crippen MR) is 106 cm³/mol. The van der Waals surface area contributed by atoms with E-state index in [1.54, 1.807) is 6.20 Å². The van der Waals surface area contributed by atoms with Crippen LogP contribution in [0.15, 0.2) is 24.4 Å². The van der Waals surface area contributed by atoms with Gasteiger partial charge >= 0.3 is 0 Å². The van der Waals surface area contributed by atoms with Crippen molar-refractivity contribution in [2.75, 3.05) is 31.3 Å². The van der Waals surface area contributed by atoms with Gasteiger partial charge in [-0.05, 0) is 37.4 Å². The molecule has 3 rings (SSSR count). The molecule has 1 amide bonds. The number of halogens is 1. The average Bonchev–Trinajstić information content (AvgIpc) is 3.13. The minimum Gasteiger partial charge on any atom is -0.468 e. The normalized spacial score (nSPS) is 16.4. The molecule has 0 saturated carbocycles. The summed E-state index contributed by atoms with van der Waals surface area (Å²) in [6, 6.07) is 5.76. The van der Waals surface area contributed by atoms with Gasteiger partial charge in [-0.1, -0.05) is 23.7 Å². The van der Waals surface area contributed by atoms with E-state index >= 15 is 0 Å². The molecule has 1 aromatic heterocycles. The van der Waals surface area contributed by atoms with Gasteiger partial charge in [0.05, 0.1) is 6.20 Å². The molecule has 1 aliphatic heterocycles. The van der Waals surface area contributed by atoms with Crippen LogP contribution in [0.4, 0.5) is 5.82 Å². The summed E-state index contributed by atoms with van der Waals surface area (Å²) < 4.78 is 5.71. The molecule has 2 heterocycles. The number of hydrogen-bond donors (Lipinski definition) is 2. The van der Waals surface area contributed by atoms with Crippen LogP contribution in [-0.4, -0.2) is 42.2 Å². The van der Waals surface area contributed by atoms with Crippen molar-refractivity contribution in [3.63, 3.8) is 0 Å². The molecule has 1 saturated heterocycles. The molecule has 2 aromatic rings. The smallest absolute Gasteiger partial charge is 0.219 e. The Balaban J connectivity index is 1.91. The van der Waals surface area contributed by atoms with E-state index in [-0.39, 0.29) is 12.6 Å². The lowest BCUT2D eigenvalue weighted by Gasteiger charge is -2.21. The van der Waals surface area contributed by atoms with Gasteiger partial charge in [0.2, 0.25) is 5.91 Å². The zero-order valence-corrected chi connectivity index (χ0v) is 16.3. The Morgan fingerprint density at radius 3 is 2.96 bits per heavy atom. The van der Waals surface area contributed by atoms with Crippen LogP contribution in [0.2, 0.25) is 5.02 Å². The fourth-order valence-electron chi connectivity index (χ4n) is 2.99. The number of aromatic nitrogens is 2.